The third-order valence-corrected chi connectivity index (χ3v) is 3.21. The molecule has 0 spiro atoms. The van der Waals surface area contributed by atoms with Crippen LogP contribution in [0.15, 0.2) is 0 Å². The van der Waals surface area contributed by atoms with Gasteiger partial charge in [0.2, 0.25) is 11.8 Å². The lowest BCUT2D eigenvalue weighted by Gasteiger charge is -2.30. The highest BCUT2D eigenvalue weighted by Crippen LogP contribution is 2.25. The molecule has 1 saturated heterocycles. The summed E-state index contributed by atoms with van der Waals surface area (Å²) in [6.45, 7) is 3.65. The van der Waals surface area contributed by atoms with E-state index in [4.69, 9.17) is 0 Å². The maximum absolute atomic E-state index is 12.3. The van der Waals surface area contributed by atoms with Crippen LogP contribution in [0.25, 0.3) is 0 Å². The summed E-state index contributed by atoms with van der Waals surface area (Å²) in [6.07, 6.45) is -4.68. The van der Waals surface area contributed by atoms with Crippen molar-refractivity contribution in [2.75, 3.05) is 26.2 Å². The largest absolute Gasteiger partial charge is 0.406 e. The van der Waals surface area contributed by atoms with Gasteiger partial charge in [0, 0.05) is 26.1 Å². The molecular formula is C13H21F3N2O3. The van der Waals surface area contributed by atoms with Crippen molar-refractivity contribution < 1.29 is 27.9 Å². The van der Waals surface area contributed by atoms with E-state index in [-0.39, 0.29) is 19.5 Å². The van der Waals surface area contributed by atoms with E-state index in [1.807, 2.05) is 0 Å². The Morgan fingerprint density at radius 1 is 1.43 bits per heavy atom. The quantitative estimate of drug-likeness (QED) is 0.824. The van der Waals surface area contributed by atoms with Crippen molar-refractivity contribution >= 4 is 11.8 Å². The summed E-state index contributed by atoms with van der Waals surface area (Å²) < 4.78 is 37.0. The third kappa shape index (κ3) is 5.53. The molecular weight excluding hydrogens is 289 g/mol. The lowest BCUT2D eigenvalue weighted by atomic mass is 10.0. The van der Waals surface area contributed by atoms with Crippen LogP contribution in [-0.4, -0.2) is 64.7 Å². The zero-order chi connectivity index (χ0) is 16.4. The van der Waals surface area contributed by atoms with Gasteiger partial charge in [0.05, 0.1) is 11.5 Å². The summed E-state index contributed by atoms with van der Waals surface area (Å²) in [6, 6.07) is 0. The van der Waals surface area contributed by atoms with Gasteiger partial charge in [-0.3, -0.25) is 9.59 Å². The van der Waals surface area contributed by atoms with E-state index in [2.05, 4.69) is 0 Å². The number of carbonyl (C=O) groups is 2. The first kappa shape index (κ1) is 17.7. The van der Waals surface area contributed by atoms with Crippen LogP contribution in [0.4, 0.5) is 13.2 Å². The zero-order valence-electron chi connectivity index (χ0n) is 12.4. The molecule has 1 unspecified atom stereocenters. The molecule has 2 amide bonds. The first-order valence-corrected chi connectivity index (χ1v) is 6.78. The van der Waals surface area contributed by atoms with Gasteiger partial charge in [-0.25, -0.2) is 0 Å². The lowest BCUT2D eigenvalue weighted by molar-refractivity contribution is -0.157. The zero-order valence-corrected chi connectivity index (χ0v) is 12.4. The van der Waals surface area contributed by atoms with E-state index >= 15 is 0 Å². The fourth-order valence-corrected chi connectivity index (χ4v) is 2.38. The molecule has 1 aliphatic heterocycles. The second kappa shape index (κ2) is 6.21. The lowest BCUT2D eigenvalue weighted by Crippen LogP contribution is -2.45. The van der Waals surface area contributed by atoms with Gasteiger partial charge in [-0.15, -0.1) is 0 Å². The molecule has 0 aromatic heterocycles. The highest BCUT2D eigenvalue weighted by molar-refractivity contribution is 5.89. The maximum atomic E-state index is 12.3. The normalized spacial score (nSPS) is 20.0. The Hall–Kier alpha value is -1.31. The minimum atomic E-state index is -4.47. The van der Waals surface area contributed by atoms with Gasteiger partial charge >= 0.3 is 6.18 Å². The SMILES string of the molecule is CCN(CC(C)(C)O)C(=O)C1CC(=O)N(CC(F)(F)F)C1. The molecule has 0 bridgehead atoms. The Kier molecular flexibility index (Phi) is 5.25. The van der Waals surface area contributed by atoms with E-state index in [1.165, 1.54) is 4.90 Å². The Bertz CT molecular complexity index is 404. The molecule has 0 aliphatic carbocycles. The molecule has 8 heteroatoms. The maximum Gasteiger partial charge on any atom is 0.406 e. The van der Waals surface area contributed by atoms with Gasteiger partial charge in [-0.1, -0.05) is 0 Å². The fourth-order valence-electron chi connectivity index (χ4n) is 2.38. The van der Waals surface area contributed by atoms with Crippen molar-refractivity contribution in [3.63, 3.8) is 0 Å². The van der Waals surface area contributed by atoms with E-state index in [1.54, 1.807) is 20.8 Å². The molecule has 0 radical (unpaired) electrons. The second-order valence-electron chi connectivity index (χ2n) is 5.96. The summed E-state index contributed by atoms with van der Waals surface area (Å²) in [7, 11) is 0. The van der Waals surface area contributed by atoms with Crippen LogP contribution in [0, 0.1) is 5.92 Å². The van der Waals surface area contributed by atoms with Crippen molar-refractivity contribution in [2.45, 2.75) is 39.0 Å². The number of aliphatic hydroxyl groups is 1. The minimum Gasteiger partial charge on any atom is -0.389 e. The molecule has 1 rings (SSSR count). The summed E-state index contributed by atoms with van der Waals surface area (Å²) in [5, 5.41) is 9.75. The second-order valence-corrected chi connectivity index (χ2v) is 5.96. The van der Waals surface area contributed by atoms with Crippen LogP contribution in [-0.2, 0) is 9.59 Å². The average molecular weight is 310 g/mol. The first-order valence-electron chi connectivity index (χ1n) is 6.78. The Morgan fingerprint density at radius 2 is 2.00 bits per heavy atom. The van der Waals surface area contributed by atoms with Gasteiger partial charge in [0.1, 0.15) is 6.54 Å². The Balaban J connectivity index is 2.69. The molecule has 0 aromatic carbocycles. The van der Waals surface area contributed by atoms with Gasteiger partial charge in [-0.2, -0.15) is 13.2 Å². The number of hydrogen-bond donors (Lipinski definition) is 1. The highest BCUT2D eigenvalue weighted by Gasteiger charge is 2.41. The van der Waals surface area contributed by atoms with E-state index in [9.17, 15) is 27.9 Å². The predicted octanol–water partition coefficient (Wildman–Crippen LogP) is 1.02. The van der Waals surface area contributed by atoms with Crippen LogP contribution < -0.4 is 0 Å². The summed E-state index contributed by atoms with van der Waals surface area (Å²) >= 11 is 0. The number of likely N-dealkylation sites (N-methyl/N-ethyl adjacent to an activating group) is 1. The smallest absolute Gasteiger partial charge is 0.389 e. The van der Waals surface area contributed by atoms with E-state index in [0.29, 0.717) is 11.4 Å². The number of amides is 2. The Morgan fingerprint density at radius 3 is 2.43 bits per heavy atom. The number of halogens is 3. The predicted molar refractivity (Wildman–Crippen MR) is 69.3 cm³/mol. The number of alkyl halides is 3. The summed E-state index contributed by atoms with van der Waals surface area (Å²) in [5.74, 6) is -1.83. The third-order valence-electron chi connectivity index (χ3n) is 3.21. The van der Waals surface area contributed by atoms with Crippen LogP contribution in [0.3, 0.4) is 0 Å². The van der Waals surface area contributed by atoms with Crippen LogP contribution in [0.2, 0.25) is 0 Å². The standard InChI is InChI=1S/C13H21F3N2O3/c1-4-17(7-12(2,3)21)11(20)9-5-10(19)18(6-9)8-13(14,15)16/h9,21H,4-8H2,1-3H3. The van der Waals surface area contributed by atoms with Crippen LogP contribution in [0.1, 0.15) is 27.2 Å². The van der Waals surface area contributed by atoms with Gasteiger partial charge in [0.15, 0.2) is 0 Å². The first-order chi connectivity index (χ1) is 9.43. The summed E-state index contributed by atoms with van der Waals surface area (Å²) in [5.41, 5.74) is -1.10. The number of carbonyl (C=O) groups excluding carboxylic acids is 2. The topological polar surface area (TPSA) is 60.9 Å². The highest BCUT2D eigenvalue weighted by atomic mass is 19.4. The fraction of sp³-hybridized carbons (Fsp3) is 0.846. The van der Waals surface area contributed by atoms with E-state index < -0.39 is 36.1 Å². The summed E-state index contributed by atoms with van der Waals surface area (Å²) in [4.78, 5) is 25.9. The van der Waals surface area contributed by atoms with Crippen molar-refractivity contribution in [3.8, 4) is 0 Å². The van der Waals surface area contributed by atoms with Gasteiger partial charge in [-0.05, 0) is 20.8 Å². The molecule has 1 aliphatic rings. The molecule has 1 heterocycles. The number of hydrogen-bond acceptors (Lipinski definition) is 3. The van der Waals surface area contributed by atoms with Crippen LogP contribution in [0.5, 0.6) is 0 Å². The molecule has 21 heavy (non-hydrogen) atoms. The number of nitrogens with zero attached hydrogens (tertiary/aromatic N) is 2. The van der Waals surface area contributed by atoms with Gasteiger partial charge < -0.3 is 14.9 Å². The Labute approximate surface area is 121 Å². The molecule has 0 aromatic rings. The molecule has 5 nitrogen and oxygen atoms in total. The van der Waals surface area contributed by atoms with Crippen molar-refractivity contribution in [1.29, 1.82) is 0 Å². The molecule has 0 saturated carbocycles. The van der Waals surface area contributed by atoms with Crippen molar-refractivity contribution in [2.24, 2.45) is 5.92 Å². The molecule has 1 fully saturated rings. The van der Waals surface area contributed by atoms with Crippen molar-refractivity contribution in [3.05, 3.63) is 0 Å². The number of rotatable bonds is 5. The van der Waals surface area contributed by atoms with Crippen molar-refractivity contribution in [1.82, 2.24) is 9.80 Å². The molecule has 122 valence electrons. The molecule has 1 N–H and O–H groups in total. The minimum absolute atomic E-state index is 0.0757. The van der Waals surface area contributed by atoms with Crippen LogP contribution >= 0.6 is 0 Å². The molecule has 1 atom stereocenters. The number of likely N-dealkylation sites (tertiary alicyclic amines) is 1. The van der Waals surface area contributed by atoms with Gasteiger partial charge in [0.25, 0.3) is 0 Å². The monoisotopic (exact) mass is 310 g/mol. The van der Waals surface area contributed by atoms with E-state index in [0.717, 1.165) is 0 Å². The average Bonchev–Trinajstić information content (AvgIpc) is 2.63.